The molecule has 0 saturated carbocycles. The van der Waals surface area contributed by atoms with E-state index in [4.69, 9.17) is 9.32 Å². The summed E-state index contributed by atoms with van der Waals surface area (Å²) in [5, 5.41) is 17.2. The Bertz CT molecular complexity index is 1290. The molecule has 1 aromatic carbocycles. The first-order valence-electron chi connectivity index (χ1n) is 9.66. The lowest BCUT2D eigenvalue weighted by molar-refractivity contribution is -0.160. The van der Waals surface area contributed by atoms with Crippen LogP contribution in [0.15, 0.2) is 40.6 Å². The molecular weight excluding hydrogens is 480 g/mol. The number of β-lactam (4-membered cyclic amide) rings is 1. The van der Waals surface area contributed by atoms with Gasteiger partial charge in [0, 0.05) is 19.0 Å². The number of nitrogens with zero attached hydrogens (tertiary/aromatic N) is 2. The maximum atomic E-state index is 12.8. The minimum atomic E-state index is -4.03. The molecular formula is C18H20N4O9S2. The molecule has 0 bridgehead atoms. The number of benzene rings is 1. The number of carboxylic acid groups (broad SMARTS) is 1. The monoisotopic (exact) mass is 500 g/mol. The van der Waals surface area contributed by atoms with E-state index in [9.17, 15) is 36.3 Å². The second-order valence-electron chi connectivity index (χ2n) is 7.89. The standard InChI is InChI=1S/C18H20N4O9S2/c1-32(27,28)31-15-11-6-7-21(13-12(11)22(16(13)23)14(15)17(24)25)18(26)20-8-9-2-4-10(5-3-9)33(19,29)30/h2-5,11-13H,6-8H2,1H3,(H,20,26)(H,24,25)(H2,19,29,30)/t11?,12-,13+/m1/s1. The summed E-state index contributed by atoms with van der Waals surface area (Å²) in [6, 6.07) is 3.32. The number of likely N-dealkylation sites (tertiary alicyclic amines) is 1. The number of hydrogen-bond donors (Lipinski definition) is 3. The molecule has 0 radical (unpaired) electrons. The van der Waals surface area contributed by atoms with E-state index in [0.29, 0.717) is 5.56 Å². The SMILES string of the molecule is CS(=O)(=O)OC1=C(C(=O)O)N2C(=O)[C@@H]3[C@H]2C1CCN3C(=O)NCc1ccc(S(N)(=O)=O)cc1. The van der Waals surface area contributed by atoms with Crippen molar-refractivity contribution in [2.24, 2.45) is 11.1 Å². The highest BCUT2D eigenvalue weighted by atomic mass is 32.2. The van der Waals surface area contributed by atoms with Gasteiger partial charge in [-0.15, -0.1) is 0 Å². The normalized spacial score (nSPS) is 24.3. The fraction of sp³-hybridized carbons (Fsp3) is 0.389. The van der Waals surface area contributed by atoms with E-state index in [1.54, 1.807) is 0 Å². The van der Waals surface area contributed by atoms with Gasteiger partial charge in [-0.3, -0.25) is 9.69 Å². The van der Waals surface area contributed by atoms with Gasteiger partial charge < -0.3 is 19.5 Å². The minimum Gasteiger partial charge on any atom is -0.476 e. The predicted molar refractivity (Wildman–Crippen MR) is 110 cm³/mol. The van der Waals surface area contributed by atoms with Gasteiger partial charge in [-0.05, 0) is 24.1 Å². The van der Waals surface area contributed by atoms with Crippen LogP contribution < -0.4 is 10.5 Å². The van der Waals surface area contributed by atoms with Crippen molar-refractivity contribution in [3.8, 4) is 0 Å². The molecule has 1 unspecified atom stereocenters. The minimum absolute atomic E-state index is 0.0417. The van der Waals surface area contributed by atoms with Crippen LogP contribution in [0.25, 0.3) is 0 Å². The van der Waals surface area contributed by atoms with Crippen molar-refractivity contribution in [2.45, 2.75) is 29.9 Å². The maximum absolute atomic E-state index is 12.8. The first-order chi connectivity index (χ1) is 15.3. The third-order valence-electron chi connectivity index (χ3n) is 5.75. The molecule has 3 heterocycles. The van der Waals surface area contributed by atoms with Crippen molar-refractivity contribution < 1.29 is 40.5 Å². The zero-order chi connectivity index (χ0) is 24.3. The van der Waals surface area contributed by atoms with E-state index >= 15 is 0 Å². The van der Waals surface area contributed by atoms with Crippen molar-refractivity contribution in [2.75, 3.05) is 12.8 Å². The van der Waals surface area contributed by atoms with Crippen LogP contribution in [0, 0.1) is 5.92 Å². The molecule has 3 atom stereocenters. The molecule has 4 rings (SSSR count). The third kappa shape index (κ3) is 4.02. The average Bonchev–Trinajstić information content (AvgIpc) is 3.02. The van der Waals surface area contributed by atoms with Crippen molar-refractivity contribution in [3.05, 3.63) is 41.3 Å². The Hall–Kier alpha value is -3.17. The lowest BCUT2D eigenvalue weighted by Crippen LogP contribution is -2.74. The van der Waals surface area contributed by atoms with Crippen molar-refractivity contribution in [1.82, 2.24) is 15.1 Å². The lowest BCUT2D eigenvalue weighted by atomic mass is 9.80. The molecule has 2 fully saturated rings. The highest BCUT2D eigenvalue weighted by Crippen LogP contribution is 2.49. The van der Waals surface area contributed by atoms with Crippen LogP contribution in [-0.4, -0.2) is 74.5 Å². The van der Waals surface area contributed by atoms with Crippen LogP contribution in [0.5, 0.6) is 0 Å². The number of sulfonamides is 1. The number of piperidine rings is 1. The molecule has 15 heteroatoms. The molecule has 0 aromatic heterocycles. The summed E-state index contributed by atoms with van der Waals surface area (Å²) in [6.07, 6.45) is 0.982. The van der Waals surface area contributed by atoms with E-state index in [1.165, 1.54) is 29.2 Å². The van der Waals surface area contributed by atoms with Crippen LogP contribution in [0.3, 0.4) is 0 Å². The first kappa shape index (κ1) is 23.0. The fourth-order valence-electron chi connectivity index (χ4n) is 4.42. The molecule has 3 aliphatic heterocycles. The molecule has 3 aliphatic rings. The lowest BCUT2D eigenvalue weighted by Gasteiger charge is -2.52. The molecule has 3 amide bonds. The van der Waals surface area contributed by atoms with Crippen LogP contribution in [-0.2, 0) is 40.5 Å². The molecule has 1 aromatic rings. The third-order valence-corrected chi connectivity index (χ3v) is 7.16. The Labute approximate surface area is 189 Å². The van der Waals surface area contributed by atoms with E-state index in [-0.39, 0.29) is 30.2 Å². The highest BCUT2D eigenvalue weighted by Gasteiger charge is 2.65. The van der Waals surface area contributed by atoms with E-state index in [0.717, 1.165) is 11.2 Å². The van der Waals surface area contributed by atoms with Gasteiger partial charge in [0.05, 0.1) is 17.2 Å². The number of urea groups is 1. The number of carboxylic acids is 1. The van der Waals surface area contributed by atoms with Crippen LogP contribution >= 0.6 is 0 Å². The number of carbonyl (C=O) groups excluding carboxylic acids is 2. The van der Waals surface area contributed by atoms with E-state index < -0.39 is 61.7 Å². The van der Waals surface area contributed by atoms with Gasteiger partial charge in [0.1, 0.15) is 6.04 Å². The Morgan fingerprint density at radius 3 is 2.39 bits per heavy atom. The number of aliphatic carboxylic acids is 1. The summed E-state index contributed by atoms with van der Waals surface area (Å²) in [4.78, 5) is 39.4. The molecule has 13 nitrogen and oxygen atoms in total. The molecule has 2 saturated heterocycles. The fourth-order valence-corrected chi connectivity index (χ4v) is 5.46. The van der Waals surface area contributed by atoms with Crippen molar-refractivity contribution >= 4 is 38.0 Å². The van der Waals surface area contributed by atoms with Gasteiger partial charge in [-0.2, -0.15) is 8.42 Å². The van der Waals surface area contributed by atoms with Crippen LogP contribution in [0.1, 0.15) is 12.0 Å². The van der Waals surface area contributed by atoms with Gasteiger partial charge in [0.25, 0.3) is 5.91 Å². The van der Waals surface area contributed by atoms with Gasteiger partial charge in [-0.25, -0.2) is 23.1 Å². The van der Waals surface area contributed by atoms with E-state index in [2.05, 4.69) is 5.32 Å². The predicted octanol–water partition coefficient (Wildman–Crippen LogP) is -1.27. The Balaban J connectivity index is 1.48. The Morgan fingerprint density at radius 1 is 1.21 bits per heavy atom. The number of nitrogens with two attached hydrogens (primary N) is 1. The second kappa shape index (κ2) is 7.71. The van der Waals surface area contributed by atoms with Crippen LogP contribution in [0.2, 0.25) is 0 Å². The number of rotatable bonds is 6. The summed E-state index contributed by atoms with van der Waals surface area (Å²) < 4.78 is 50.8. The smallest absolute Gasteiger partial charge is 0.356 e. The molecule has 0 spiro atoms. The van der Waals surface area contributed by atoms with Gasteiger partial charge in [0.2, 0.25) is 10.0 Å². The second-order valence-corrected chi connectivity index (χ2v) is 11.0. The topological polar surface area (TPSA) is 193 Å². The summed E-state index contributed by atoms with van der Waals surface area (Å²) in [5.41, 5.74) is 0.0700. The number of nitrogens with one attached hydrogen (secondary N) is 1. The zero-order valence-electron chi connectivity index (χ0n) is 17.2. The quantitative estimate of drug-likeness (QED) is 0.315. The van der Waals surface area contributed by atoms with Crippen LogP contribution in [0.4, 0.5) is 4.79 Å². The average molecular weight is 501 g/mol. The molecule has 4 N–H and O–H groups in total. The van der Waals surface area contributed by atoms with Crippen molar-refractivity contribution in [1.29, 1.82) is 0 Å². The molecule has 0 aliphatic carbocycles. The van der Waals surface area contributed by atoms with Gasteiger partial charge >= 0.3 is 22.1 Å². The summed E-state index contributed by atoms with van der Waals surface area (Å²) in [5.74, 6) is -3.08. The Kier molecular flexibility index (Phi) is 5.37. The van der Waals surface area contributed by atoms with E-state index in [1.807, 2.05) is 0 Å². The molecule has 178 valence electrons. The number of amides is 3. The molecule has 33 heavy (non-hydrogen) atoms. The Morgan fingerprint density at radius 2 is 1.85 bits per heavy atom. The summed E-state index contributed by atoms with van der Waals surface area (Å²) >= 11 is 0. The summed E-state index contributed by atoms with van der Waals surface area (Å²) in [6.45, 7) is 0.116. The summed E-state index contributed by atoms with van der Waals surface area (Å²) in [7, 11) is -7.87. The zero-order valence-corrected chi connectivity index (χ0v) is 18.8. The van der Waals surface area contributed by atoms with Gasteiger partial charge in [0.15, 0.2) is 11.5 Å². The first-order valence-corrected chi connectivity index (χ1v) is 13.0. The number of hydrogen-bond acceptors (Lipinski definition) is 8. The highest BCUT2D eigenvalue weighted by molar-refractivity contribution is 7.89. The maximum Gasteiger partial charge on any atom is 0.356 e. The number of primary sulfonamides is 1. The van der Waals surface area contributed by atoms with Gasteiger partial charge in [-0.1, -0.05) is 12.1 Å². The number of carbonyl (C=O) groups is 3. The largest absolute Gasteiger partial charge is 0.476 e. The van der Waals surface area contributed by atoms with Crippen molar-refractivity contribution in [3.63, 3.8) is 0 Å².